The second kappa shape index (κ2) is 25.8. The highest BCUT2D eigenvalue weighted by atomic mass is 16.6. The molecule has 0 aliphatic heterocycles. The monoisotopic (exact) mass is 611 g/mol. The van der Waals surface area contributed by atoms with Gasteiger partial charge >= 0.3 is 12.2 Å². The average Bonchev–Trinajstić information content (AvgIpc) is 3.04. The van der Waals surface area contributed by atoms with E-state index in [1.54, 1.807) is 0 Å². The van der Waals surface area contributed by atoms with Gasteiger partial charge in [-0.3, -0.25) is 4.79 Å². The van der Waals surface area contributed by atoms with Gasteiger partial charge in [-0.05, 0) is 13.3 Å². The van der Waals surface area contributed by atoms with Gasteiger partial charge in [0.05, 0.1) is 0 Å². The Hall–Kier alpha value is -2.68. The van der Waals surface area contributed by atoms with E-state index in [9.17, 15) is 14.4 Å². The Bertz CT molecular complexity index is 1060. The summed E-state index contributed by atoms with van der Waals surface area (Å²) in [6.45, 7) is -2.85. The smallest absolute Gasteiger partial charge is 0.417 e. The fraction of sp³-hybridized carbons (Fsp3) is 0.765. The third-order valence-electron chi connectivity index (χ3n) is 7.41. The molecule has 43 heavy (non-hydrogen) atoms. The van der Waals surface area contributed by atoms with Crippen LogP contribution in [0.15, 0.2) is 24.4 Å². The number of nitrogens with zero attached hydrogens (tertiary/aromatic N) is 2. The van der Waals surface area contributed by atoms with E-state index >= 15 is 0 Å². The SMILES string of the molecule is [2H]C([2H])([2H])C([2H])([2H])[n+]1ccccc1CN(C(C)=O)C(=O)OCC(COC(=O)NCCCCCCCCCCCCCCCCCC)OC. The van der Waals surface area contributed by atoms with E-state index in [4.69, 9.17) is 21.1 Å². The van der Waals surface area contributed by atoms with Crippen LogP contribution in [-0.4, -0.2) is 56.0 Å². The molecule has 0 aliphatic rings. The molecule has 1 heterocycles. The van der Waals surface area contributed by atoms with Crippen LogP contribution in [0.3, 0.4) is 0 Å². The van der Waals surface area contributed by atoms with Crippen LogP contribution in [-0.2, 0) is 32.0 Å². The van der Waals surface area contributed by atoms with Gasteiger partial charge in [0, 0.05) is 36.8 Å². The molecule has 0 spiro atoms. The predicted molar refractivity (Wildman–Crippen MR) is 170 cm³/mol. The second-order valence-corrected chi connectivity index (χ2v) is 11.0. The number of ether oxygens (including phenoxy) is 3. The van der Waals surface area contributed by atoms with E-state index in [0.717, 1.165) is 35.7 Å². The lowest BCUT2D eigenvalue weighted by atomic mass is 10.0. The molecule has 9 nitrogen and oxygen atoms in total. The number of nitrogens with one attached hydrogen (secondary N) is 1. The molecule has 3 amide bonds. The number of aryl methyl sites for hydroxylation is 1. The van der Waals surface area contributed by atoms with E-state index in [0.29, 0.717) is 6.54 Å². The lowest BCUT2D eigenvalue weighted by Crippen LogP contribution is -2.43. The van der Waals surface area contributed by atoms with Crippen molar-refractivity contribution in [2.45, 2.75) is 143 Å². The average molecular weight is 612 g/mol. The Morgan fingerprint density at radius 1 is 0.884 bits per heavy atom. The van der Waals surface area contributed by atoms with Gasteiger partial charge in [0.1, 0.15) is 35.1 Å². The molecule has 1 unspecified atom stereocenters. The standard InChI is InChI=1S/C34H59N3O6/c1-5-7-8-9-10-11-12-13-14-15-16-17-18-19-20-22-25-35-33(39)42-28-32(41-4)29-43-34(40)37(30(3)38)27-31-24-21-23-26-36(31)6-2/h21,23-24,26,32H,5-20,22,25,27-29H2,1-4H3/p+1/i2D3,6D2. The van der Waals surface area contributed by atoms with Crippen molar-refractivity contribution in [2.24, 2.45) is 0 Å². The summed E-state index contributed by atoms with van der Waals surface area (Å²) in [4.78, 5) is 37.9. The summed E-state index contributed by atoms with van der Waals surface area (Å²) < 4.78 is 55.4. The summed E-state index contributed by atoms with van der Waals surface area (Å²) in [5, 5.41) is 2.71. The van der Waals surface area contributed by atoms with Gasteiger partial charge in [-0.2, -0.15) is 0 Å². The first-order chi connectivity index (χ1) is 22.8. The molecule has 1 N–H and O–H groups in total. The van der Waals surface area contributed by atoms with Crippen molar-refractivity contribution in [3.8, 4) is 0 Å². The number of carbonyl (C=O) groups excluding carboxylic acids is 3. The zero-order valence-electron chi connectivity index (χ0n) is 31.9. The number of carbonyl (C=O) groups is 3. The maximum atomic E-state index is 12.8. The molecule has 9 heteroatoms. The predicted octanol–water partition coefficient (Wildman–Crippen LogP) is 7.48. The molecule has 0 saturated carbocycles. The number of amides is 3. The first-order valence-electron chi connectivity index (χ1n) is 18.7. The van der Waals surface area contributed by atoms with E-state index in [1.807, 2.05) is 0 Å². The second-order valence-electron chi connectivity index (χ2n) is 11.0. The molecular weight excluding hydrogens is 546 g/mol. The highest BCUT2D eigenvalue weighted by Gasteiger charge is 2.25. The van der Waals surface area contributed by atoms with Gasteiger partial charge < -0.3 is 19.5 Å². The highest BCUT2D eigenvalue weighted by molar-refractivity contribution is 5.90. The van der Waals surface area contributed by atoms with Crippen LogP contribution in [0.2, 0.25) is 0 Å². The van der Waals surface area contributed by atoms with Gasteiger partial charge in [-0.25, -0.2) is 19.1 Å². The van der Waals surface area contributed by atoms with Crippen LogP contribution in [0.4, 0.5) is 9.59 Å². The summed E-state index contributed by atoms with van der Waals surface area (Å²) in [5.41, 5.74) is 0.0680. The quantitative estimate of drug-likeness (QED) is 0.0909. The fourth-order valence-electron chi connectivity index (χ4n) is 4.69. The normalized spacial score (nSPS) is 14.0. The summed E-state index contributed by atoms with van der Waals surface area (Å²) >= 11 is 0. The summed E-state index contributed by atoms with van der Waals surface area (Å²) in [7, 11) is 1.36. The van der Waals surface area contributed by atoms with Crippen molar-refractivity contribution in [3.05, 3.63) is 30.1 Å². The maximum absolute atomic E-state index is 12.8. The molecule has 0 radical (unpaired) electrons. The molecule has 1 atom stereocenters. The third kappa shape index (κ3) is 19.3. The number of pyridine rings is 1. The van der Waals surface area contributed by atoms with Crippen LogP contribution in [0.1, 0.15) is 136 Å². The number of aromatic nitrogens is 1. The number of imide groups is 1. The van der Waals surface area contributed by atoms with Crippen LogP contribution in [0.5, 0.6) is 0 Å². The van der Waals surface area contributed by atoms with Crippen LogP contribution in [0, 0.1) is 0 Å². The first-order valence-corrected chi connectivity index (χ1v) is 16.2. The number of rotatable bonds is 25. The van der Waals surface area contributed by atoms with E-state index < -0.39 is 44.1 Å². The van der Waals surface area contributed by atoms with Crippen molar-refractivity contribution < 1.29 is 40.0 Å². The number of alkyl carbamates (subject to hydrolysis) is 1. The van der Waals surface area contributed by atoms with Crippen molar-refractivity contribution in [2.75, 3.05) is 26.9 Å². The minimum Gasteiger partial charge on any atom is -0.447 e. The van der Waals surface area contributed by atoms with Crippen molar-refractivity contribution in [1.29, 1.82) is 0 Å². The summed E-state index contributed by atoms with van der Waals surface area (Å²) in [6.07, 6.45) is 19.2. The Labute approximate surface area is 268 Å². The van der Waals surface area contributed by atoms with Gasteiger partial charge in [-0.15, -0.1) is 0 Å². The van der Waals surface area contributed by atoms with Crippen molar-refractivity contribution in [3.63, 3.8) is 0 Å². The Morgan fingerprint density at radius 3 is 1.98 bits per heavy atom. The number of unbranched alkanes of at least 4 members (excludes halogenated alkanes) is 15. The topological polar surface area (TPSA) is 98.1 Å². The lowest BCUT2D eigenvalue weighted by Gasteiger charge is -2.20. The van der Waals surface area contributed by atoms with Gasteiger partial charge in [0.25, 0.3) is 0 Å². The van der Waals surface area contributed by atoms with E-state index in [-0.39, 0.29) is 18.9 Å². The molecule has 0 saturated heterocycles. The molecule has 0 bridgehead atoms. The molecule has 0 fully saturated rings. The largest absolute Gasteiger partial charge is 0.447 e. The molecule has 0 aromatic carbocycles. The van der Waals surface area contributed by atoms with Gasteiger partial charge in [0.2, 0.25) is 11.6 Å². The lowest BCUT2D eigenvalue weighted by molar-refractivity contribution is -0.701. The molecule has 1 rings (SSSR count). The van der Waals surface area contributed by atoms with Gasteiger partial charge in [0.15, 0.2) is 6.20 Å². The van der Waals surface area contributed by atoms with E-state index in [1.165, 1.54) is 115 Å². The number of hydrogen-bond donors (Lipinski definition) is 1. The van der Waals surface area contributed by atoms with Crippen molar-refractivity contribution in [1.82, 2.24) is 10.2 Å². The van der Waals surface area contributed by atoms with Crippen LogP contribution < -0.4 is 9.88 Å². The summed E-state index contributed by atoms with van der Waals surface area (Å²) in [6, 6.07) is 4.40. The highest BCUT2D eigenvalue weighted by Crippen LogP contribution is 2.13. The van der Waals surface area contributed by atoms with E-state index in [2.05, 4.69) is 12.2 Å². The van der Waals surface area contributed by atoms with Crippen LogP contribution in [0.25, 0.3) is 0 Å². The molecule has 246 valence electrons. The number of methoxy groups -OCH3 is 1. The Morgan fingerprint density at radius 2 is 1.44 bits per heavy atom. The molecule has 0 aliphatic carbocycles. The minimum atomic E-state index is -3.00. The van der Waals surface area contributed by atoms with Crippen molar-refractivity contribution >= 4 is 18.1 Å². The summed E-state index contributed by atoms with van der Waals surface area (Å²) in [5.74, 6) is -0.691. The molecular formula is C34H60N3O6+. The zero-order chi connectivity index (χ0) is 35.8. The maximum Gasteiger partial charge on any atom is 0.417 e. The molecule has 1 aromatic heterocycles. The molecule has 1 aromatic rings. The third-order valence-corrected chi connectivity index (χ3v) is 7.41. The van der Waals surface area contributed by atoms with Gasteiger partial charge in [-0.1, -0.05) is 109 Å². The Kier molecular flexibility index (Phi) is 18.2. The Balaban J connectivity index is 2.26. The number of hydrogen-bond acceptors (Lipinski definition) is 6. The first kappa shape index (κ1) is 30.4. The fourth-order valence-corrected chi connectivity index (χ4v) is 4.69. The zero-order valence-corrected chi connectivity index (χ0v) is 26.9. The van der Waals surface area contributed by atoms with Crippen LogP contribution >= 0.6 is 0 Å². The minimum absolute atomic E-state index is 0.0680.